The van der Waals surface area contributed by atoms with Crippen LogP contribution in [0.1, 0.15) is 27.5 Å². The van der Waals surface area contributed by atoms with Gasteiger partial charge in [-0.2, -0.15) is 0 Å². The first-order valence-corrected chi connectivity index (χ1v) is 7.22. The van der Waals surface area contributed by atoms with Gasteiger partial charge in [-0.1, -0.05) is 18.2 Å². The minimum atomic E-state index is -1.07. The number of nitrogens with zero attached hydrogens (tertiary/aromatic N) is 1. The van der Waals surface area contributed by atoms with E-state index in [1.807, 2.05) is 12.1 Å². The molecule has 0 aliphatic carbocycles. The summed E-state index contributed by atoms with van der Waals surface area (Å²) in [6.07, 6.45) is 0. The lowest BCUT2D eigenvalue weighted by molar-refractivity contribution is -0.116. The molecule has 118 valence electrons. The molecule has 1 aliphatic rings. The van der Waals surface area contributed by atoms with Crippen LogP contribution in [0.25, 0.3) is 10.9 Å². The molecule has 1 aromatic heterocycles. The number of carbonyl (C=O) groups excluding carboxylic acids is 1. The molecule has 1 unspecified atom stereocenters. The van der Waals surface area contributed by atoms with Gasteiger partial charge in [-0.05, 0) is 35.0 Å². The van der Waals surface area contributed by atoms with Crippen LogP contribution in [0.15, 0.2) is 47.6 Å². The summed E-state index contributed by atoms with van der Waals surface area (Å²) < 4.78 is 0. The van der Waals surface area contributed by atoms with E-state index in [2.05, 4.69) is 15.5 Å². The van der Waals surface area contributed by atoms with Crippen LogP contribution in [-0.4, -0.2) is 22.0 Å². The van der Waals surface area contributed by atoms with Crippen LogP contribution < -0.4 is 5.32 Å². The van der Waals surface area contributed by atoms with Crippen LogP contribution in [-0.2, 0) is 4.79 Å². The number of benzene rings is 2. The third-order valence-electron chi connectivity index (χ3n) is 4.22. The summed E-state index contributed by atoms with van der Waals surface area (Å²) in [5, 5.41) is 15.4. The Morgan fingerprint density at radius 1 is 1.17 bits per heavy atom. The summed E-state index contributed by atoms with van der Waals surface area (Å²) in [4.78, 5) is 37.9. The maximum absolute atomic E-state index is 12.4. The highest BCUT2D eigenvalue weighted by molar-refractivity contribution is 6.08. The summed E-state index contributed by atoms with van der Waals surface area (Å²) in [7, 11) is 0. The van der Waals surface area contributed by atoms with E-state index >= 15 is 0 Å². The van der Waals surface area contributed by atoms with Crippen molar-refractivity contribution in [3.05, 3.63) is 64.2 Å². The molecule has 0 saturated carbocycles. The van der Waals surface area contributed by atoms with Crippen LogP contribution in [0.4, 0.5) is 11.4 Å². The fourth-order valence-corrected chi connectivity index (χ4v) is 3.14. The van der Waals surface area contributed by atoms with Crippen molar-refractivity contribution in [2.45, 2.75) is 5.92 Å². The Kier molecular flexibility index (Phi) is 2.96. The zero-order valence-electron chi connectivity index (χ0n) is 12.2. The Hall–Kier alpha value is -3.48. The first-order chi connectivity index (χ1) is 11.6. The number of carboxylic acids is 1. The lowest BCUT2D eigenvalue weighted by atomic mass is 9.96. The van der Waals surface area contributed by atoms with Crippen molar-refractivity contribution < 1.29 is 14.7 Å². The molecule has 0 radical (unpaired) electrons. The van der Waals surface area contributed by atoms with Crippen molar-refractivity contribution in [3.63, 3.8) is 0 Å². The maximum Gasteiger partial charge on any atom is 0.335 e. The van der Waals surface area contributed by atoms with Crippen LogP contribution in [0.5, 0.6) is 0 Å². The predicted octanol–water partition coefficient (Wildman–Crippen LogP) is 3.35. The molecule has 3 N–H and O–H groups in total. The number of aromatic nitrogens is 1. The lowest BCUT2D eigenvalue weighted by Crippen LogP contribution is -2.13. The zero-order chi connectivity index (χ0) is 16.8. The number of nitrogens with one attached hydrogen (secondary N) is 2. The number of amides is 1. The first-order valence-electron chi connectivity index (χ1n) is 7.22. The van der Waals surface area contributed by atoms with Gasteiger partial charge >= 0.3 is 5.97 Å². The number of nitroso groups, excluding NO2 is 1. The quantitative estimate of drug-likeness (QED) is 0.642. The zero-order valence-corrected chi connectivity index (χ0v) is 12.2. The Morgan fingerprint density at radius 3 is 2.71 bits per heavy atom. The Bertz CT molecular complexity index is 1020. The molecule has 0 saturated heterocycles. The number of para-hydroxylation sites is 1. The average molecular weight is 321 g/mol. The Morgan fingerprint density at radius 2 is 1.96 bits per heavy atom. The third-order valence-corrected chi connectivity index (χ3v) is 4.22. The largest absolute Gasteiger partial charge is 0.478 e. The fraction of sp³-hybridized carbons (Fsp3) is 0.0588. The highest BCUT2D eigenvalue weighted by Crippen LogP contribution is 2.43. The molecule has 0 fully saturated rings. The normalized spacial score (nSPS) is 16.0. The molecule has 1 amide bonds. The molecule has 2 heterocycles. The van der Waals surface area contributed by atoms with Gasteiger partial charge in [0.25, 0.3) is 0 Å². The second kappa shape index (κ2) is 5.02. The topological polar surface area (TPSA) is 112 Å². The van der Waals surface area contributed by atoms with E-state index in [0.717, 1.165) is 5.56 Å². The summed E-state index contributed by atoms with van der Waals surface area (Å²) in [6, 6.07) is 11.6. The fourth-order valence-electron chi connectivity index (χ4n) is 3.14. The molecule has 1 aliphatic heterocycles. The SMILES string of the molecule is O=Nc1c(C2C(=O)Nc3ccccc32)[nH]c2cc(C(=O)O)ccc12. The maximum atomic E-state index is 12.4. The van der Waals surface area contributed by atoms with Crippen molar-refractivity contribution in [2.75, 3.05) is 5.32 Å². The summed E-state index contributed by atoms with van der Waals surface area (Å²) >= 11 is 0. The second-order valence-electron chi connectivity index (χ2n) is 5.55. The monoisotopic (exact) mass is 321 g/mol. The van der Waals surface area contributed by atoms with Crippen molar-refractivity contribution in [3.8, 4) is 0 Å². The molecule has 0 spiro atoms. The summed E-state index contributed by atoms with van der Waals surface area (Å²) in [5.74, 6) is -2.02. The number of hydrogen-bond donors (Lipinski definition) is 3. The molecule has 2 aromatic carbocycles. The molecule has 24 heavy (non-hydrogen) atoms. The van der Waals surface area contributed by atoms with E-state index in [4.69, 9.17) is 5.11 Å². The number of aromatic carboxylic acids is 1. The van der Waals surface area contributed by atoms with Crippen molar-refractivity contribution in [1.82, 2.24) is 4.98 Å². The summed E-state index contributed by atoms with van der Waals surface area (Å²) in [6.45, 7) is 0. The predicted molar refractivity (Wildman–Crippen MR) is 87.6 cm³/mol. The van der Waals surface area contributed by atoms with Crippen LogP contribution in [0, 0.1) is 4.91 Å². The van der Waals surface area contributed by atoms with Gasteiger partial charge in [0.15, 0.2) is 0 Å². The Labute approximate surface area is 135 Å². The van der Waals surface area contributed by atoms with Crippen molar-refractivity contribution in [2.24, 2.45) is 5.18 Å². The highest BCUT2D eigenvalue weighted by Gasteiger charge is 2.35. The second-order valence-corrected chi connectivity index (χ2v) is 5.55. The van der Waals surface area contributed by atoms with E-state index in [-0.39, 0.29) is 17.2 Å². The minimum Gasteiger partial charge on any atom is -0.478 e. The number of carboxylic acid groups (broad SMARTS) is 1. The number of hydrogen-bond acceptors (Lipinski definition) is 4. The molecule has 7 heteroatoms. The third kappa shape index (κ3) is 1.91. The van der Waals surface area contributed by atoms with Gasteiger partial charge in [0.05, 0.1) is 11.3 Å². The number of carbonyl (C=O) groups is 2. The summed E-state index contributed by atoms with van der Waals surface area (Å²) in [5.41, 5.74) is 2.47. The average Bonchev–Trinajstić information content (AvgIpc) is 3.09. The van der Waals surface area contributed by atoms with Gasteiger partial charge in [-0.25, -0.2) is 4.79 Å². The number of aromatic amines is 1. The van der Waals surface area contributed by atoms with Gasteiger partial charge in [-0.3, -0.25) is 4.79 Å². The first kappa shape index (κ1) is 14.1. The van der Waals surface area contributed by atoms with E-state index in [0.29, 0.717) is 22.3 Å². The van der Waals surface area contributed by atoms with Gasteiger partial charge in [-0.15, -0.1) is 4.91 Å². The van der Waals surface area contributed by atoms with Gasteiger partial charge in [0.1, 0.15) is 11.6 Å². The number of rotatable bonds is 3. The standard InChI is InChI=1S/C17H11N3O4/c21-16-13(9-3-1-2-4-11(9)19-16)15-14(20-24)10-6-5-8(17(22)23)7-12(10)18-15/h1-7,13,18H,(H,19,21)(H,22,23). The number of fused-ring (bicyclic) bond motifs is 2. The molecule has 1 atom stereocenters. The molecular formula is C17H11N3O4. The minimum absolute atomic E-state index is 0.0871. The van der Waals surface area contributed by atoms with E-state index in [1.165, 1.54) is 18.2 Å². The van der Waals surface area contributed by atoms with E-state index in [9.17, 15) is 14.5 Å². The smallest absolute Gasteiger partial charge is 0.335 e. The highest BCUT2D eigenvalue weighted by atomic mass is 16.4. The van der Waals surface area contributed by atoms with Crippen LogP contribution in [0.2, 0.25) is 0 Å². The number of H-pyrrole nitrogens is 1. The van der Waals surface area contributed by atoms with Crippen LogP contribution in [0.3, 0.4) is 0 Å². The van der Waals surface area contributed by atoms with E-state index in [1.54, 1.807) is 12.1 Å². The van der Waals surface area contributed by atoms with E-state index < -0.39 is 11.9 Å². The molecule has 4 rings (SSSR count). The van der Waals surface area contributed by atoms with Crippen molar-refractivity contribution in [1.29, 1.82) is 0 Å². The van der Waals surface area contributed by atoms with Crippen molar-refractivity contribution >= 4 is 34.2 Å². The molecule has 7 nitrogen and oxygen atoms in total. The lowest BCUT2D eigenvalue weighted by Gasteiger charge is -2.07. The van der Waals surface area contributed by atoms with Gasteiger partial charge in [0.2, 0.25) is 5.91 Å². The molecular weight excluding hydrogens is 310 g/mol. The van der Waals surface area contributed by atoms with Gasteiger partial charge in [0, 0.05) is 16.6 Å². The number of anilines is 1. The molecule has 3 aromatic rings. The van der Waals surface area contributed by atoms with Gasteiger partial charge < -0.3 is 15.4 Å². The van der Waals surface area contributed by atoms with Crippen LogP contribution >= 0.6 is 0 Å². The Balaban J connectivity index is 1.95. The molecule has 0 bridgehead atoms.